The first-order chi connectivity index (χ1) is 11.2. The predicted molar refractivity (Wildman–Crippen MR) is 96.9 cm³/mol. The Morgan fingerprint density at radius 3 is 2.17 bits per heavy atom. The van der Waals surface area contributed by atoms with Crippen molar-refractivity contribution in [2.45, 2.75) is 9.79 Å². The van der Waals surface area contributed by atoms with Crippen molar-refractivity contribution in [1.29, 1.82) is 0 Å². The quantitative estimate of drug-likeness (QED) is 0.575. The minimum absolute atomic E-state index is 0.167. The van der Waals surface area contributed by atoms with Crippen molar-refractivity contribution in [2.24, 2.45) is 0 Å². The molecule has 3 N–H and O–H groups in total. The molecule has 0 saturated carbocycles. The van der Waals surface area contributed by atoms with Gasteiger partial charge in [-0.2, -0.15) is 0 Å². The lowest BCUT2D eigenvalue weighted by Crippen LogP contribution is -2.48. The molecule has 118 valence electrons. The summed E-state index contributed by atoms with van der Waals surface area (Å²) in [6.07, 6.45) is 0. The smallest absolute Gasteiger partial charge is 0.258 e. The topological polar surface area (TPSA) is 56.4 Å². The van der Waals surface area contributed by atoms with Crippen LogP contribution in [0.3, 0.4) is 0 Å². The molecule has 5 nitrogen and oxygen atoms in total. The third-order valence-corrected chi connectivity index (χ3v) is 4.81. The Morgan fingerprint density at radius 2 is 1.61 bits per heavy atom. The summed E-state index contributed by atoms with van der Waals surface area (Å²) in [6.45, 7) is 0.202. The highest BCUT2D eigenvalue weighted by atomic mass is 32.2. The number of rotatable bonds is 2. The van der Waals surface area contributed by atoms with Crippen LogP contribution in [0.25, 0.3) is 0 Å². The highest BCUT2D eigenvalue weighted by Gasteiger charge is 2.24. The fourth-order valence-corrected chi connectivity index (χ4v) is 3.47. The molecule has 23 heavy (non-hydrogen) atoms. The van der Waals surface area contributed by atoms with Crippen LogP contribution in [0.4, 0.5) is 11.4 Å². The molecule has 0 saturated heterocycles. The van der Waals surface area contributed by atoms with Gasteiger partial charge in [0, 0.05) is 16.8 Å². The molecule has 3 rings (SSSR count). The molecule has 1 aliphatic heterocycles. The fraction of sp³-hybridized carbons (Fsp3) is 0.125. The molecular weight excluding hydrogens is 328 g/mol. The zero-order valence-electron chi connectivity index (χ0n) is 12.5. The normalized spacial score (nSPS) is 12.0. The number of carbonyl (C=O) groups excluding carboxylic acids is 1. The Labute approximate surface area is 144 Å². The first-order valence-electron chi connectivity index (χ1n) is 7.09. The summed E-state index contributed by atoms with van der Waals surface area (Å²) in [4.78, 5) is 16.5. The molecule has 1 heterocycles. The first kappa shape index (κ1) is 15.6. The zero-order valence-corrected chi connectivity index (χ0v) is 14.1. The van der Waals surface area contributed by atoms with Crippen molar-refractivity contribution < 1.29 is 4.79 Å². The summed E-state index contributed by atoms with van der Waals surface area (Å²) in [5.74, 6) is -0.167. The van der Waals surface area contributed by atoms with E-state index in [4.69, 9.17) is 12.2 Å². The average molecular weight is 344 g/mol. The van der Waals surface area contributed by atoms with E-state index in [1.165, 1.54) is 0 Å². The van der Waals surface area contributed by atoms with E-state index in [-0.39, 0.29) is 12.5 Å². The molecule has 0 unspecified atom stereocenters. The Balaban J connectivity index is 1.84. The molecule has 0 radical (unpaired) electrons. The van der Waals surface area contributed by atoms with Gasteiger partial charge in [-0.1, -0.05) is 36.0 Å². The van der Waals surface area contributed by atoms with Crippen LogP contribution >= 0.6 is 24.0 Å². The summed E-state index contributed by atoms with van der Waals surface area (Å²) in [5.41, 5.74) is 7.32. The lowest BCUT2D eigenvalue weighted by Gasteiger charge is -2.32. The van der Waals surface area contributed by atoms with Gasteiger partial charge < -0.3 is 10.2 Å². The summed E-state index contributed by atoms with van der Waals surface area (Å²) in [6, 6.07) is 16.1. The van der Waals surface area contributed by atoms with E-state index < -0.39 is 0 Å². The van der Waals surface area contributed by atoms with Gasteiger partial charge in [-0.15, -0.1) is 0 Å². The number of para-hydroxylation sites is 2. The number of hydrogen-bond acceptors (Lipinski definition) is 4. The number of carbonyl (C=O) groups is 1. The Kier molecular flexibility index (Phi) is 4.68. The van der Waals surface area contributed by atoms with Gasteiger partial charge in [-0.05, 0) is 36.5 Å². The van der Waals surface area contributed by atoms with Crippen molar-refractivity contribution in [3.05, 3.63) is 48.5 Å². The lowest BCUT2D eigenvalue weighted by atomic mass is 10.2. The minimum atomic E-state index is -0.167. The van der Waals surface area contributed by atoms with Crippen LogP contribution in [-0.2, 0) is 4.79 Å². The highest BCUT2D eigenvalue weighted by Crippen LogP contribution is 2.47. The Bertz CT molecular complexity index is 705. The fourth-order valence-electron chi connectivity index (χ4n) is 2.32. The highest BCUT2D eigenvalue weighted by molar-refractivity contribution is 7.99. The molecule has 0 bridgehead atoms. The van der Waals surface area contributed by atoms with Crippen LogP contribution in [0.1, 0.15) is 0 Å². The van der Waals surface area contributed by atoms with Crippen LogP contribution in [-0.4, -0.2) is 24.6 Å². The van der Waals surface area contributed by atoms with Gasteiger partial charge in [0.15, 0.2) is 5.11 Å². The molecule has 0 fully saturated rings. The summed E-state index contributed by atoms with van der Waals surface area (Å²) >= 11 is 6.67. The predicted octanol–water partition coefficient (Wildman–Crippen LogP) is 2.41. The number of hydrogen-bond donors (Lipinski definition) is 3. The number of thiocarbonyl (C=S) groups is 1. The summed E-state index contributed by atoms with van der Waals surface area (Å²) < 4.78 is 0. The molecular formula is C16H16N4OS2. The van der Waals surface area contributed by atoms with Gasteiger partial charge in [-0.25, -0.2) is 0 Å². The van der Waals surface area contributed by atoms with Crippen molar-refractivity contribution >= 4 is 46.4 Å². The third kappa shape index (κ3) is 3.40. The number of benzene rings is 2. The van der Waals surface area contributed by atoms with Crippen LogP contribution in [0.5, 0.6) is 0 Å². The van der Waals surface area contributed by atoms with E-state index in [1.54, 1.807) is 18.8 Å². The second kappa shape index (κ2) is 6.89. The molecule has 0 aromatic heterocycles. The van der Waals surface area contributed by atoms with Crippen LogP contribution in [0.15, 0.2) is 58.3 Å². The number of nitrogens with zero attached hydrogens (tertiary/aromatic N) is 1. The van der Waals surface area contributed by atoms with E-state index in [0.29, 0.717) is 5.11 Å². The molecule has 1 amide bonds. The van der Waals surface area contributed by atoms with Crippen LogP contribution in [0, 0.1) is 0 Å². The van der Waals surface area contributed by atoms with Crippen LogP contribution < -0.4 is 21.1 Å². The maximum Gasteiger partial charge on any atom is 0.258 e. The molecule has 2 aromatic carbocycles. The van der Waals surface area contributed by atoms with Crippen LogP contribution in [0.2, 0.25) is 0 Å². The number of nitrogens with one attached hydrogen (secondary N) is 3. The third-order valence-electron chi connectivity index (χ3n) is 3.38. The van der Waals surface area contributed by atoms with E-state index in [0.717, 1.165) is 21.2 Å². The Hall–Kier alpha value is -2.25. The van der Waals surface area contributed by atoms with Crippen molar-refractivity contribution in [3.8, 4) is 0 Å². The number of hydrazine groups is 1. The van der Waals surface area contributed by atoms with E-state index in [9.17, 15) is 4.79 Å². The van der Waals surface area contributed by atoms with Crippen molar-refractivity contribution in [1.82, 2.24) is 16.2 Å². The molecule has 2 aromatic rings. The Morgan fingerprint density at radius 1 is 1.04 bits per heavy atom. The average Bonchev–Trinajstić information content (AvgIpc) is 2.59. The van der Waals surface area contributed by atoms with Gasteiger partial charge >= 0.3 is 0 Å². The monoisotopic (exact) mass is 344 g/mol. The van der Waals surface area contributed by atoms with Crippen molar-refractivity contribution in [2.75, 3.05) is 18.5 Å². The van der Waals surface area contributed by atoms with Gasteiger partial charge in [0.1, 0.15) is 6.54 Å². The zero-order chi connectivity index (χ0) is 16.2. The van der Waals surface area contributed by atoms with E-state index >= 15 is 0 Å². The summed E-state index contributed by atoms with van der Waals surface area (Å²) in [5, 5.41) is 3.11. The van der Waals surface area contributed by atoms with Gasteiger partial charge in [0.05, 0.1) is 11.4 Å². The standard InChI is InChI=1S/C16H16N4OS2/c1-17-16(22)19-18-15(21)10-20-11-6-2-4-8-13(11)23-14-9-5-3-7-12(14)20/h2-9H,10H2,1H3,(H,18,21)(H2,17,19,22). The molecule has 0 atom stereocenters. The van der Waals surface area contributed by atoms with Gasteiger partial charge in [0.25, 0.3) is 5.91 Å². The maximum absolute atomic E-state index is 12.2. The van der Waals surface area contributed by atoms with E-state index in [1.807, 2.05) is 41.3 Å². The van der Waals surface area contributed by atoms with Crippen molar-refractivity contribution in [3.63, 3.8) is 0 Å². The maximum atomic E-state index is 12.2. The largest absolute Gasteiger partial charge is 0.364 e. The van der Waals surface area contributed by atoms with Gasteiger partial charge in [-0.3, -0.25) is 15.6 Å². The lowest BCUT2D eigenvalue weighted by molar-refractivity contribution is -0.120. The number of fused-ring (bicyclic) bond motifs is 2. The van der Waals surface area contributed by atoms with Gasteiger partial charge in [0.2, 0.25) is 0 Å². The molecule has 0 aliphatic carbocycles. The number of anilines is 2. The SMILES string of the molecule is CNC(=S)NNC(=O)CN1c2ccccc2Sc2ccccc21. The van der Waals surface area contributed by atoms with E-state index in [2.05, 4.69) is 28.3 Å². The minimum Gasteiger partial charge on any atom is -0.364 e. The molecule has 0 spiro atoms. The first-order valence-corrected chi connectivity index (χ1v) is 8.31. The molecule has 7 heteroatoms. The number of amides is 1. The second-order valence-electron chi connectivity index (χ2n) is 4.88. The summed E-state index contributed by atoms with van der Waals surface area (Å²) in [7, 11) is 1.69. The second-order valence-corrected chi connectivity index (χ2v) is 6.37. The molecule has 1 aliphatic rings.